The summed E-state index contributed by atoms with van der Waals surface area (Å²) in [5, 5.41) is 2.96. The number of aromatic nitrogens is 1. The summed E-state index contributed by atoms with van der Waals surface area (Å²) in [5.41, 5.74) is 1.08. The number of hydrogen-bond donors (Lipinski definition) is 1. The molecule has 1 aliphatic heterocycles. The van der Waals surface area contributed by atoms with E-state index >= 15 is 0 Å². The van der Waals surface area contributed by atoms with Crippen molar-refractivity contribution in [3.8, 4) is 0 Å². The molecule has 18 heavy (non-hydrogen) atoms. The molecule has 0 bridgehead atoms. The Morgan fingerprint density at radius 1 is 1.33 bits per heavy atom. The van der Waals surface area contributed by atoms with Crippen molar-refractivity contribution in [2.24, 2.45) is 5.92 Å². The van der Waals surface area contributed by atoms with Gasteiger partial charge < -0.3 is 10.2 Å². The SMILES string of the molecule is O=C(NCc1ccc(N2CCCC2)nc1)C1CC1. The van der Waals surface area contributed by atoms with Crippen molar-refractivity contribution in [1.29, 1.82) is 0 Å². The lowest BCUT2D eigenvalue weighted by molar-refractivity contribution is -0.122. The minimum absolute atomic E-state index is 0.193. The third kappa shape index (κ3) is 2.63. The molecule has 2 fully saturated rings. The maximum Gasteiger partial charge on any atom is 0.223 e. The van der Waals surface area contributed by atoms with Crippen LogP contribution in [0.25, 0.3) is 0 Å². The van der Waals surface area contributed by atoms with E-state index in [1.54, 1.807) is 0 Å². The third-order valence-electron chi connectivity index (χ3n) is 3.65. The lowest BCUT2D eigenvalue weighted by Gasteiger charge is -2.16. The monoisotopic (exact) mass is 245 g/mol. The molecular weight excluding hydrogens is 226 g/mol. The molecule has 1 amide bonds. The minimum Gasteiger partial charge on any atom is -0.357 e. The first-order valence-electron chi connectivity index (χ1n) is 6.80. The molecule has 1 N–H and O–H groups in total. The molecule has 3 rings (SSSR count). The van der Waals surface area contributed by atoms with E-state index in [9.17, 15) is 4.79 Å². The molecule has 2 heterocycles. The Kier molecular flexibility index (Phi) is 3.17. The van der Waals surface area contributed by atoms with Crippen molar-refractivity contribution < 1.29 is 4.79 Å². The van der Waals surface area contributed by atoms with Crippen LogP contribution in [0.4, 0.5) is 5.82 Å². The second kappa shape index (κ2) is 4.96. The van der Waals surface area contributed by atoms with Crippen LogP contribution in [0.1, 0.15) is 31.2 Å². The van der Waals surface area contributed by atoms with E-state index in [0.29, 0.717) is 6.54 Å². The Balaban J connectivity index is 1.54. The topological polar surface area (TPSA) is 45.2 Å². The number of carbonyl (C=O) groups is 1. The molecule has 1 aromatic heterocycles. The van der Waals surface area contributed by atoms with Gasteiger partial charge in [-0.15, -0.1) is 0 Å². The highest BCUT2D eigenvalue weighted by Crippen LogP contribution is 2.28. The quantitative estimate of drug-likeness (QED) is 0.878. The van der Waals surface area contributed by atoms with E-state index in [-0.39, 0.29) is 11.8 Å². The second-order valence-corrected chi connectivity index (χ2v) is 5.21. The molecule has 96 valence electrons. The summed E-state index contributed by atoms with van der Waals surface area (Å²) in [4.78, 5) is 18.3. The Labute approximate surface area is 107 Å². The minimum atomic E-state index is 0.193. The first kappa shape index (κ1) is 11.5. The van der Waals surface area contributed by atoms with E-state index in [2.05, 4.69) is 27.3 Å². The first-order valence-corrected chi connectivity index (χ1v) is 6.80. The van der Waals surface area contributed by atoms with Gasteiger partial charge in [0.2, 0.25) is 5.91 Å². The van der Waals surface area contributed by atoms with Gasteiger partial charge in [-0.2, -0.15) is 0 Å². The number of hydrogen-bond acceptors (Lipinski definition) is 3. The predicted molar refractivity (Wildman–Crippen MR) is 70.3 cm³/mol. The molecule has 4 nitrogen and oxygen atoms in total. The van der Waals surface area contributed by atoms with Crippen LogP contribution in [0, 0.1) is 5.92 Å². The summed E-state index contributed by atoms with van der Waals surface area (Å²) in [7, 11) is 0. The van der Waals surface area contributed by atoms with E-state index in [0.717, 1.165) is 37.3 Å². The lowest BCUT2D eigenvalue weighted by Crippen LogP contribution is -2.24. The Hall–Kier alpha value is -1.58. The van der Waals surface area contributed by atoms with Crippen molar-refractivity contribution >= 4 is 11.7 Å². The maximum atomic E-state index is 11.5. The molecular formula is C14H19N3O. The van der Waals surface area contributed by atoms with Gasteiger partial charge in [-0.3, -0.25) is 4.79 Å². The van der Waals surface area contributed by atoms with Gasteiger partial charge in [0, 0.05) is 31.7 Å². The van der Waals surface area contributed by atoms with Crippen LogP contribution in [-0.2, 0) is 11.3 Å². The van der Waals surface area contributed by atoms with Gasteiger partial charge in [-0.25, -0.2) is 4.98 Å². The Bertz CT molecular complexity index is 419. The van der Waals surface area contributed by atoms with Gasteiger partial charge in [-0.05, 0) is 37.3 Å². The van der Waals surface area contributed by atoms with Crippen molar-refractivity contribution in [1.82, 2.24) is 10.3 Å². The number of nitrogens with one attached hydrogen (secondary N) is 1. The molecule has 1 aliphatic carbocycles. The van der Waals surface area contributed by atoms with Crippen molar-refractivity contribution in [3.63, 3.8) is 0 Å². The Morgan fingerprint density at radius 2 is 2.11 bits per heavy atom. The summed E-state index contributed by atoms with van der Waals surface area (Å²) in [5.74, 6) is 1.53. The maximum absolute atomic E-state index is 11.5. The van der Waals surface area contributed by atoms with Crippen molar-refractivity contribution in [3.05, 3.63) is 23.9 Å². The summed E-state index contributed by atoms with van der Waals surface area (Å²) < 4.78 is 0. The van der Waals surface area contributed by atoms with Crippen LogP contribution in [-0.4, -0.2) is 24.0 Å². The average molecular weight is 245 g/mol. The van der Waals surface area contributed by atoms with Crippen molar-refractivity contribution in [2.45, 2.75) is 32.2 Å². The summed E-state index contributed by atoms with van der Waals surface area (Å²) in [6.07, 6.45) is 6.51. The van der Waals surface area contributed by atoms with E-state index in [4.69, 9.17) is 0 Å². The zero-order chi connectivity index (χ0) is 12.4. The molecule has 0 unspecified atom stereocenters. The zero-order valence-corrected chi connectivity index (χ0v) is 10.6. The molecule has 0 spiro atoms. The standard InChI is InChI=1S/C14H19N3O/c18-14(12-4-5-12)16-10-11-3-6-13(15-9-11)17-7-1-2-8-17/h3,6,9,12H,1-2,4-5,7-8,10H2,(H,16,18). The van der Waals surface area contributed by atoms with Crippen LogP contribution in [0.5, 0.6) is 0 Å². The molecule has 1 saturated heterocycles. The second-order valence-electron chi connectivity index (χ2n) is 5.21. The molecule has 0 aromatic carbocycles. The number of amides is 1. The van der Waals surface area contributed by atoms with Gasteiger partial charge in [0.1, 0.15) is 5.82 Å². The van der Waals surface area contributed by atoms with Gasteiger partial charge in [0.15, 0.2) is 0 Å². The van der Waals surface area contributed by atoms with Crippen LogP contribution >= 0.6 is 0 Å². The van der Waals surface area contributed by atoms with Gasteiger partial charge in [0.25, 0.3) is 0 Å². The Morgan fingerprint density at radius 3 is 2.72 bits per heavy atom. The number of pyridine rings is 1. The first-order chi connectivity index (χ1) is 8.83. The molecule has 4 heteroatoms. The van der Waals surface area contributed by atoms with E-state index < -0.39 is 0 Å². The summed E-state index contributed by atoms with van der Waals surface area (Å²) >= 11 is 0. The smallest absolute Gasteiger partial charge is 0.223 e. The highest BCUT2D eigenvalue weighted by Gasteiger charge is 2.29. The van der Waals surface area contributed by atoms with Gasteiger partial charge in [-0.1, -0.05) is 6.07 Å². The fraction of sp³-hybridized carbons (Fsp3) is 0.571. The van der Waals surface area contributed by atoms with Crippen LogP contribution in [0.2, 0.25) is 0 Å². The van der Waals surface area contributed by atoms with Crippen LogP contribution in [0.15, 0.2) is 18.3 Å². The van der Waals surface area contributed by atoms with E-state index in [1.165, 1.54) is 12.8 Å². The number of carbonyl (C=O) groups excluding carboxylic acids is 1. The predicted octanol–water partition coefficient (Wildman–Crippen LogP) is 1.71. The molecule has 1 aromatic rings. The fourth-order valence-electron chi connectivity index (χ4n) is 2.33. The van der Waals surface area contributed by atoms with Gasteiger partial charge >= 0.3 is 0 Å². The van der Waals surface area contributed by atoms with Crippen LogP contribution < -0.4 is 10.2 Å². The third-order valence-corrected chi connectivity index (χ3v) is 3.65. The molecule has 0 atom stereocenters. The van der Waals surface area contributed by atoms with Gasteiger partial charge in [0.05, 0.1) is 0 Å². The summed E-state index contributed by atoms with van der Waals surface area (Å²) in [6, 6.07) is 4.12. The van der Waals surface area contributed by atoms with Crippen molar-refractivity contribution in [2.75, 3.05) is 18.0 Å². The van der Waals surface area contributed by atoms with E-state index in [1.807, 2.05) is 6.20 Å². The zero-order valence-electron chi connectivity index (χ0n) is 10.6. The highest BCUT2D eigenvalue weighted by atomic mass is 16.2. The summed E-state index contributed by atoms with van der Waals surface area (Å²) in [6.45, 7) is 2.83. The normalized spacial score (nSPS) is 19.0. The number of anilines is 1. The molecule has 0 radical (unpaired) electrons. The lowest BCUT2D eigenvalue weighted by atomic mass is 10.2. The molecule has 1 saturated carbocycles. The highest BCUT2D eigenvalue weighted by molar-refractivity contribution is 5.80. The largest absolute Gasteiger partial charge is 0.357 e. The number of rotatable bonds is 4. The fourth-order valence-corrected chi connectivity index (χ4v) is 2.33. The molecule has 2 aliphatic rings. The average Bonchev–Trinajstić information content (AvgIpc) is 3.12. The van der Waals surface area contributed by atoms with Crippen LogP contribution in [0.3, 0.4) is 0 Å². The number of nitrogens with zero attached hydrogens (tertiary/aromatic N) is 2.